The van der Waals surface area contributed by atoms with Crippen molar-refractivity contribution < 1.29 is 0 Å². The summed E-state index contributed by atoms with van der Waals surface area (Å²) in [5.41, 5.74) is 6.01. The van der Waals surface area contributed by atoms with Crippen LogP contribution in [-0.4, -0.2) is 19.7 Å². The maximum Gasteiger partial charge on any atom is 0.343 e. The molecule has 0 aliphatic rings. The minimum atomic E-state index is -0.254. The lowest BCUT2D eigenvalue weighted by molar-refractivity contribution is 0.660. The number of aromatic amines is 1. The summed E-state index contributed by atoms with van der Waals surface area (Å²) in [6.45, 7) is 2.38. The largest absolute Gasteiger partial charge is 0.397 e. The summed E-state index contributed by atoms with van der Waals surface area (Å²) in [4.78, 5) is 15.5. The fourth-order valence-electron chi connectivity index (χ4n) is 1.26. The number of pyridine rings is 1. The van der Waals surface area contributed by atoms with Gasteiger partial charge in [-0.2, -0.15) is 0 Å². The molecule has 0 unspecified atom stereocenters. The van der Waals surface area contributed by atoms with Crippen LogP contribution in [0.5, 0.6) is 0 Å². The van der Waals surface area contributed by atoms with Crippen molar-refractivity contribution in [3.05, 3.63) is 27.8 Å². The Kier molecular flexibility index (Phi) is 3.39. The van der Waals surface area contributed by atoms with E-state index in [1.807, 2.05) is 6.92 Å². The van der Waals surface area contributed by atoms with Crippen LogP contribution >= 0.6 is 23.4 Å². The highest BCUT2D eigenvalue weighted by Gasteiger charge is 2.11. The van der Waals surface area contributed by atoms with E-state index < -0.39 is 0 Å². The summed E-state index contributed by atoms with van der Waals surface area (Å²) in [6, 6.07) is 3.27. The average Bonchev–Trinajstić information content (AvgIpc) is 2.64. The third-order valence-corrected chi connectivity index (χ3v) is 3.31. The van der Waals surface area contributed by atoms with Gasteiger partial charge in [0.25, 0.3) is 0 Å². The lowest BCUT2D eigenvalue weighted by Crippen LogP contribution is -2.16. The van der Waals surface area contributed by atoms with Gasteiger partial charge in [-0.05, 0) is 30.8 Å². The van der Waals surface area contributed by atoms with Gasteiger partial charge in [-0.15, -0.1) is 5.10 Å². The molecule has 90 valence electrons. The smallest absolute Gasteiger partial charge is 0.343 e. The topological polar surface area (TPSA) is 89.6 Å². The standard InChI is InChI=1S/C9H10ClN5OS/c1-2-15-8(16)13-14-9(15)17-7-5(11)3-4-6(10)12-7/h3-4H,2,11H2,1H3,(H,13,16). The van der Waals surface area contributed by atoms with Crippen LogP contribution in [0.4, 0.5) is 5.69 Å². The molecule has 0 spiro atoms. The Morgan fingerprint density at radius 3 is 3.06 bits per heavy atom. The van der Waals surface area contributed by atoms with Gasteiger partial charge in [0.1, 0.15) is 10.2 Å². The molecule has 8 heteroatoms. The van der Waals surface area contributed by atoms with E-state index in [9.17, 15) is 4.79 Å². The molecule has 6 nitrogen and oxygen atoms in total. The molecule has 2 rings (SSSR count). The number of rotatable bonds is 3. The number of nitrogens with one attached hydrogen (secondary N) is 1. The Hall–Kier alpha value is -1.47. The number of nitrogen functional groups attached to an aromatic ring is 1. The van der Waals surface area contributed by atoms with Crippen LogP contribution in [0, 0.1) is 0 Å². The van der Waals surface area contributed by atoms with Crippen LogP contribution < -0.4 is 11.4 Å². The van der Waals surface area contributed by atoms with Crippen LogP contribution in [0.25, 0.3) is 0 Å². The third-order valence-electron chi connectivity index (χ3n) is 2.08. The second-order valence-electron chi connectivity index (χ2n) is 3.19. The van der Waals surface area contributed by atoms with Crippen molar-refractivity contribution in [2.75, 3.05) is 5.73 Å². The molecule has 0 fully saturated rings. The normalized spacial score (nSPS) is 10.7. The highest BCUT2D eigenvalue weighted by atomic mass is 35.5. The number of aromatic nitrogens is 4. The zero-order chi connectivity index (χ0) is 12.4. The van der Waals surface area contributed by atoms with E-state index in [1.54, 1.807) is 12.1 Å². The molecular weight excluding hydrogens is 262 g/mol. The van der Waals surface area contributed by atoms with Gasteiger partial charge < -0.3 is 5.73 Å². The van der Waals surface area contributed by atoms with Crippen molar-refractivity contribution >= 4 is 29.1 Å². The van der Waals surface area contributed by atoms with Crippen LogP contribution in [0.3, 0.4) is 0 Å². The molecule has 2 heterocycles. The monoisotopic (exact) mass is 271 g/mol. The zero-order valence-corrected chi connectivity index (χ0v) is 10.5. The number of nitrogens with zero attached hydrogens (tertiary/aromatic N) is 3. The van der Waals surface area contributed by atoms with E-state index in [1.165, 1.54) is 16.3 Å². The molecule has 3 N–H and O–H groups in total. The first-order chi connectivity index (χ1) is 8.11. The van der Waals surface area contributed by atoms with Crippen LogP contribution in [0.2, 0.25) is 5.15 Å². The molecule has 0 bridgehead atoms. The highest BCUT2D eigenvalue weighted by Crippen LogP contribution is 2.29. The number of hydrogen-bond acceptors (Lipinski definition) is 5. The molecule has 17 heavy (non-hydrogen) atoms. The van der Waals surface area contributed by atoms with Crippen molar-refractivity contribution in [2.24, 2.45) is 0 Å². The van der Waals surface area contributed by atoms with Crippen molar-refractivity contribution in [1.29, 1.82) is 0 Å². The summed E-state index contributed by atoms with van der Waals surface area (Å²) in [7, 11) is 0. The predicted octanol–water partition coefficient (Wildman–Crippen LogP) is 1.37. The Labute approximate surface area is 106 Å². The molecule has 0 radical (unpaired) electrons. The van der Waals surface area contributed by atoms with Crippen LogP contribution in [0.15, 0.2) is 27.1 Å². The zero-order valence-electron chi connectivity index (χ0n) is 8.98. The molecular formula is C9H10ClN5OS. The maximum absolute atomic E-state index is 11.4. The predicted molar refractivity (Wildman–Crippen MR) is 66.3 cm³/mol. The fourth-order valence-corrected chi connectivity index (χ4v) is 2.37. The van der Waals surface area contributed by atoms with Gasteiger partial charge in [-0.3, -0.25) is 4.57 Å². The second-order valence-corrected chi connectivity index (χ2v) is 4.53. The minimum Gasteiger partial charge on any atom is -0.397 e. The molecule has 0 saturated heterocycles. The highest BCUT2D eigenvalue weighted by molar-refractivity contribution is 7.99. The number of anilines is 1. The van der Waals surface area contributed by atoms with Gasteiger partial charge >= 0.3 is 5.69 Å². The SMILES string of the molecule is CCn1c(Sc2nc(Cl)ccc2N)n[nH]c1=O. The second kappa shape index (κ2) is 4.80. The minimum absolute atomic E-state index is 0.254. The lowest BCUT2D eigenvalue weighted by atomic mass is 10.4. The van der Waals surface area contributed by atoms with Gasteiger partial charge in [-0.25, -0.2) is 14.9 Å². The Balaban J connectivity index is 2.37. The maximum atomic E-state index is 11.4. The van der Waals surface area contributed by atoms with Crippen molar-refractivity contribution in [1.82, 2.24) is 19.7 Å². The van der Waals surface area contributed by atoms with Crippen molar-refractivity contribution in [3.8, 4) is 0 Å². The number of H-pyrrole nitrogens is 1. The van der Waals surface area contributed by atoms with Gasteiger partial charge in [0.2, 0.25) is 0 Å². The van der Waals surface area contributed by atoms with Crippen molar-refractivity contribution in [2.45, 2.75) is 23.7 Å². The summed E-state index contributed by atoms with van der Waals surface area (Å²) < 4.78 is 1.49. The Morgan fingerprint density at radius 1 is 1.59 bits per heavy atom. The van der Waals surface area contributed by atoms with E-state index in [0.29, 0.717) is 27.6 Å². The van der Waals surface area contributed by atoms with Gasteiger partial charge in [0, 0.05) is 6.54 Å². The summed E-state index contributed by atoms with van der Waals surface area (Å²) in [6.07, 6.45) is 0. The third kappa shape index (κ3) is 2.45. The molecule has 0 saturated carbocycles. The molecule has 0 aliphatic carbocycles. The fraction of sp³-hybridized carbons (Fsp3) is 0.222. The first kappa shape index (κ1) is 12.0. The van der Waals surface area contributed by atoms with E-state index >= 15 is 0 Å². The molecule has 0 aliphatic heterocycles. The van der Waals surface area contributed by atoms with Gasteiger partial charge in [0.15, 0.2) is 5.16 Å². The van der Waals surface area contributed by atoms with Crippen LogP contribution in [-0.2, 0) is 6.54 Å². The van der Waals surface area contributed by atoms with Gasteiger partial charge in [0.05, 0.1) is 5.69 Å². The van der Waals surface area contributed by atoms with Gasteiger partial charge in [-0.1, -0.05) is 11.6 Å². The molecule has 0 aromatic carbocycles. The van der Waals surface area contributed by atoms with E-state index in [0.717, 1.165) is 0 Å². The van der Waals surface area contributed by atoms with E-state index in [4.69, 9.17) is 17.3 Å². The summed E-state index contributed by atoms with van der Waals surface area (Å²) in [5, 5.41) is 7.68. The number of hydrogen-bond donors (Lipinski definition) is 2. The Morgan fingerprint density at radius 2 is 2.35 bits per heavy atom. The molecule has 2 aromatic heterocycles. The first-order valence-corrected chi connectivity index (χ1v) is 6.06. The molecule has 0 atom stereocenters. The van der Waals surface area contributed by atoms with E-state index in [2.05, 4.69) is 15.2 Å². The van der Waals surface area contributed by atoms with Crippen LogP contribution in [0.1, 0.15) is 6.92 Å². The lowest BCUT2D eigenvalue weighted by Gasteiger charge is -2.04. The number of nitrogens with two attached hydrogens (primary N) is 1. The summed E-state index contributed by atoms with van der Waals surface area (Å²) >= 11 is 6.99. The Bertz CT molecular complexity index is 593. The number of halogens is 1. The molecule has 0 amide bonds. The first-order valence-electron chi connectivity index (χ1n) is 4.87. The molecule has 2 aromatic rings. The van der Waals surface area contributed by atoms with E-state index in [-0.39, 0.29) is 5.69 Å². The quantitative estimate of drug-likeness (QED) is 0.823. The summed E-state index contributed by atoms with van der Waals surface area (Å²) in [5.74, 6) is 0. The average molecular weight is 272 g/mol. The van der Waals surface area contributed by atoms with Crippen molar-refractivity contribution in [3.63, 3.8) is 0 Å².